The number of rotatable bonds is 8. The van der Waals surface area contributed by atoms with E-state index in [0.717, 1.165) is 18.1 Å². The van der Waals surface area contributed by atoms with E-state index >= 15 is 0 Å². The Bertz CT molecular complexity index is 281. The molecule has 2 nitrogen and oxygen atoms in total. The molecule has 1 aromatic heterocycles. The molecule has 0 aromatic carbocycles. The van der Waals surface area contributed by atoms with Crippen molar-refractivity contribution in [2.75, 3.05) is 0 Å². The number of nitrogens with one attached hydrogen (secondary N) is 1. The van der Waals surface area contributed by atoms with E-state index in [4.69, 9.17) is 4.42 Å². The van der Waals surface area contributed by atoms with E-state index in [9.17, 15) is 0 Å². The first-order valence-electron chi connectivity index (χ1n) is 6.94. The van der Waals surface area contributed by atoms with Crippen molar-refractivity contribution in [1.29, 1.82) is 0 Å². The topological polar surface area (TPSA) is 25.2 Å². The third-order valence-corrected chi connectivity index (χ3v) is 3.48. The van der Waals surface area contributed by atoms with Crippen molar-refractivity contribution in [3.8, 4) is 0 Å². The van der Waals surface area contributed by atoms with Crippen LogP contribution in [0.5, 0.6) is 0 Å². The van der Waals surface area contributed by atoms with E-state index < -0.39 is 0 Å². The van der Waals surface area contributed by atoms with Crippen LogP contribution in [-0.4, -0.2) is 12.1 Å². The lowest BCUT2D eigenvalue weighted by molar-refractivity contribution is 0.346. The molecule has 3 unspecified atom stereocenters. The highest BCUT2D eigenvalue weighted by atomic mass is 16.3. The predicted octanol–water partition coefficient (Wildman–Crippen LogP) is 4.02. The summed E-state index contributed by atoms with van der Waals surface area (Å²) in [6.07, 6.45) is 6.47. The summed E-state index contributed by atoms with van der Waals surface area (Å²) in [4.78, 5) is 0. The standard InChI is InChI=1S/C15H27NO/c1-5-12(3)10-14(6-2)16-13(4)11-15-8-7-9-17-15/h7-9,12-14,16H,5-6,10-11H2,1-4H3. The minimum absolute atomic E-state index is 0.482. The lowest BCUT2D eigenvalue weighted by atomic mass is 9.97. The van der Waals surface area contributed by atoms with Crippen molar-refractivity contribution in [1.82, 2.24) is 5.32 Å². The van der Waals surface area contributed by atoms with Gasteiger partial charge in [-0.05, 0) is 37.8 Å². The van der Waals surface area contributed by atoms with Gasteiger partial charge >= 0.3 is 0 Å². The van der Waals surface area contributed by atoms with Crippen molar-refractivity contribution in [3.63, 3.8) is 0 Å². The van der Waals surface area contributed by atoms with E-state index in [1.54, 1.807) is 6.26 Å². The highest BCUT2D eigenvalue weighted by molar-refractivity contribution is 5.00. The second-order valence-corrected chi connectivity index (χ2v) is 5.21. The maximum absolute atomic E-state index is 5.38. The van der Waals surface area contributed by atoms with Crippen LogP contribution in [0.4, 0.5) is 0 Å². The van der Waals surface area contributed by atoms with Crippen LogP contribution >= 0.6 is 0 Å². The van der Waals surface area contributed by atoms with Crippen molar-refractivity contribution in [3.05, 3.63) is 24.2 Å². The molecule has 0 fully saturated rings. The lowest BCUT2D eigenvalue weighted by Crippen LogP contribution is -2.38. The third-order valence-electron chi connectivity index (χ3n) is 3.48. The van der Waals surface area contributed by atoms with E-state index in [1.807, 2.05) is 12.1 Å². The van der Waals surface area contributed by atoms with E-state index in [0.29, 0.717) is 12.1 Å². The van der Waals surface area contributed by atoms with Crippen molar-refractivity contribution in [2.45, 2.75) is 65.5 Å². The van der Waals surface area contributed by atoms with Gasteiger partial charge in [-0.25, -0.2) is 0 Å². The lowest BCUT2D eigenvalue weighted by Gasteiger charge is -2.24. The molecule has 0 saturated heterocycles. The van der Waals surface area contributed by atoms with Gasteiger partial charge in [0.1, 0.15) is 5.76 Å². The first-order valence-corrected chi connectivity index (χ1v) is 6.94. The summed E-state index contributed by atoms with van der Waals surface area (Å²) in [6.45, 7) is 9.10. The molecule has 1 rings (SSSR count). The molecule has 1 N–H and O–H groups in total. The van der Waals surface area contributed by atoms with Gasteiger partial charge in [0.2, 0.25) is 0 Å². The summed E-state index contributed by atoms with van der Waals surface area (Å²) >= 11 is 0. The SMILES string of the molecule is CCC(C)CC(CC)NC(C)Cc1ccco1. The van der Waals surface area contributed by atoms with Crippen LogP contribution in [-0.2, 0) is 6.42 Å². The first kappa shape index (κ1) is 14.3. The molecule has 0 saturated carbocycles. The van der Waals surface area contributed by atoms with Crippen molar-refractivity contribution < 1.29 is 4.42 Å². The highest BCUT2D eigenvalue weighted by Gasteiger charge is 2.14. The van der Waals surface area contributed by atoms with Gasteiger partial charge in [0.25, 0.3) is 0 Å². The van der Waals surface area contributed by atoms with Gasteiger partial charge in [-0.15, -0.1) is 0 Å². The fraction of sp³-hybridized carbons (Fsp3) is 0.733. The molecule has 0 aliphatic rings. The monoisotopic (exact) mass is 237 g/mol. The molecular weight excluding hydrogens is 210 g/mol. The Morgan fingerprint density at radius 1 is 1.24 bits per heavy atom. The summed E-state index contributed by atoms with van der Waals surface area (Å²) in [5, 5.41) is 3.71. The van der Waals surface area contributed by atoms with Crippen LogP contribution in [0.15, 0.2) is 22.8 Å². The van der Waals surface area contributed by atoms with Crippen LogP contribution in [0.1, 0.15) is 52.7 Å². The maximum atomic E-state index is 5.38. The summed E-state index contributed by atoms with van der Waals surface area (Å²) in [6, 6.07) is 5.12. The Morgan fingerprint density at radius 2 is 2.00 bits per heavy atom. The van der Waals surface area contributed by atoms with Gasteiger partial charge in [-0.2, -0.15) is 0 Å². The Hall–Kier alpha value is -0.760. The molecule has 1 heterocycles. The number of hydrogen-bond donors (Lipinski definition) is 1. The average molecular weight is 237 g/mol. The molecule has 0 amide bonds. The van der Waals surface area contributed by atoms with Crippen molar-refractivity contribution in [2.24, 2.45) is 5.92 Å². The number of furan rings is 1. The molecular formula is C15H27NO. The summed E-state index contributed by atoms with van der Waals surface area (Å²) in [7, 11) is 0. The molecule has 1 aromatic rings. The Labute approximate surface area is 106 Å². The average Bonchev–Trinajstić information content (AvgIpc) is 2.80. The first-order chi connectivity index (χ1) is 8.15. The minimum Gasteiger partial charge on any atom is -0.469 e. The van der Waals surface area contributed by atoms with E-state index in [1.165, 1.54) is 19.3 Å². The second kappa shape index (κ2) is 7.54. The molecule has 3 atom stereocenters. The summed E-state index contributed by atoms with van der Waals surface area (Å²) < 4.78 is 5.38. The van der Waals surface area contributed by atoms with Gasteiger partial charge in [0.15, 0.2) is 0 Å². The molecule has 17 heavy (non-hydrogen) atoms. The molecule has 0 aliphatic heterocycles. The molecule has 2 heteroatoms. The van der Waals surface area contributed by atoms with Crippen LogP contribution in [0, 0.1) is 5.92 Å². The normalized spacial score (nSPS) is 16.7. The van der Waals surface area contributed by atoms with E-state index in [2.05, 4.69) is 33.0 Å². The fourth-order valence-electron chi connectivity index (χ4n) is 2.20. The Kier molecular flexibility index (Phi) is 6.35. The Balaban J connectivity index is 2.34. The fourth-order valence-corrected chi connectivity index (χ4v) is 2.20. The zero-order valence-electron chi connectivity index (χ0n) is 11.7. The van der Waals surface area contributed by atoms with Crippen LogP contribution in [0.25, 0.3) is 0 Å². The molecule has 0 aliphatic carbocycles. The summed E-state index contributed by atoms with van der Waals surface area (Å²) in [5.74, 6) is 1.88. The third kappa shape index (κ3) is 5.40. The highest BCUT2D eigenvalue weighted by Crippen LogP contribution is 2.13. The van der Waals surface area contributed by atoms with Gasteiger partial charge < -0.3 is 9.73 Å². The predicted molar refractivity (Wildman–Crippen MR) is 73.2 cm³/mol. The summed E-state index contributed by atoms with van der Waals surface area (Å²) in [5.41, 5.74) is 0. The molecule has 0 radical (unpaired) electrons. The smallest absolute Gasteiger partial charge is 0.105 e. The van der Waals surface area contributed by atoms with Gasteiger partial charge in [0.05, 0.1) is 6.26 Å². The molecule has 98 valence electrons. The quantitative estimate of drug-likeness (QED) is 0.739. The van der Waals surface area contributed by atoms with Gasteiger partial charge in [-0.1, -0.05) is 27.2 Å². The largest absolute Gasteiger partial charge is 0.469 e. The zero-order chi connectivity index (χ0) is 12.7. The Morgan fingerprint density at radius 3 is 2.53 bits per heavy atom. The number of hydrogen-bond acceptors (Lipinski definition) is 2. The van der Waals surface area contributed by atoms with Gasteiger partial charge in [-0.3, -0.25) is 0 Å². The second-order valence-electron chi connectivity index (χ2n) is 5.21. The molecule has 0 spiro atoms. The maximum Gasteiger partial charge on any atom is 0.105 e. The zero-order valence-corrected chi connectivity index (χ0v) is 11.7. The van der Waals surface area contributed by atoms with Crippen molar-refractivity contribution >= 4 is 0 Å². The van der Waals surface area contributed by atoms with Crippen LogP contribution < -0.4 is 5.32 Å². The molecule has 0 bridgehead atoms. The minimum atomic E-state index is 0.482. The van der Waals surface area contributed by atoms with Crippen LogP contribution in [0.3, 0.4) is 0 Å². The van der Waals surface area contributed by atoms with Crippen LogP contribution in [0.2, 0.25) is 0 Å². The van der Waals surface area contributed by atoms with Gasteiger partial charge in [0, 0.05) is 18.5 Å². The van der Waals surface area contributed by atoms with E-state index in [-0.39, 0.29) is 0 Å².